The summed E-state index contributed by atoms with van der Waals surface area (Å²) >= 11 is 0. The Balaban J connectivity index is 1.64. The smallest absolute Gasteiger partial charge is 0.349 e. The van der Waals surface area contributed by atoms with Crippen LogP contribution in [0.25, 0.3) is 17.4 Å². The second-order valence-electron chi connectivity index (χ2n) is 5.50. The molecule has 0 N–H and O–H groups in total. The molecular weight excluding hydrogens is 344 g/mol. The summed E-state index contributed by atoms with van der Waals surface area (Å²) in [6.45, 7) is -0.159. The molecule has 0 saturated heterocycles. The molecule has 1 heterocycles. The largest absolute Gasteiger partial charge is 0.497 e. The van der Waals surface area contributed by atoms with Gasteiger partial charge >= 0.3 is 5.97 Å². The normalized spacial score (nSPS) is 10.9. The fourth-order valence-electron chi connectivity index (χ4n) is 2.32. The number of carbonyl (C=O) groups is 1. The van der Waals surface area contributed by atoms with Crippen LogP contribution in [0.5, 0.6) is 5.75 Å². The molecular formula is C21H16N2O4. The average molecular weight is 360 g/mol. The Morgan fingerprint density at radius 1 is 1.19 bits per heavy atom. The van der Waals surface area contributed by atoms with E-state index in [4.69, 9.17) is 13.9 Å². The van der Waals surface area contributed by atoms with Gasteiger partial charge in [-0.1, -0.05) is 42.5 Å². The summed E-state index contributed by atoms with van der Waals surface area (Å²) in [6.07, 6.45) is 3.02. The standard InChI is InChI=1S/C21H16N2O4/c1-25-18-9-7-15(8-10-18)11-17(12-22)21(24)26-14-20-23-13-19(27-20)16-5-3-2-4-6-16/h2-11,13H,14H2,1H3/b17-11+. The quantitative estimate of drug-likeness (QED) is 0.375. The summed E-state index contributed by atoms with van der Waals surface area (Å²) in [7, 11) is 1.56. The van der Waals surface area contributed by atoms with Crippen LogP contribution < -0.4 is 4.74 Å². The molecule has 3 aromatic rings. The minimum Gasteiger partial charge on any atom is -0.497 e. The van der Waals surface area contributed by atoms with Crippen LogP contribution in [0.4, 0.5) is 0 Å². The van der Waals surface area contributed by atoms with Crippen LogP contribution in [0, 0.1) is 11.3 Å². The van der Waals surface area contributed by atoms with Gasteiger partial charge in [-0.15, -0.1) is 0 Å². The molecule has 134 valence electrons. The molecule has 0 bridgehead atoms. The van der Waals surface area contributed by atoms with Crippen LogP contribution in [0.1, 0.15) is 11.5 Å². The average Bonchev–Trinajstić information content (AvgIpc) is 3.20. The van der Waals surface area contributed by atoms with E-state index in [1.165, 1.54) is 6.08 Å². The lowest BCUT2D eigenvalue weighted by molar-refractivity contribution is -0.140. The molecule has 0 unspecified atom stereocenters. The first kappa shape index (κ1) is 18.0. The van der Waals surface area contributed by atoms with E-state index in [1.807, 2.05) is 36.4 Å². The fraction of sp³-hybridized carbons (Fsp3) is 0.0952. The summed E-state index contributed by atoms with van der Waals surface area (Å²) < 4.78 is 15.8. The zero-order chi connectivity index (χ0) is 19.1. The first-order chi connectivity index (χ1) is 13.2. The third-order valence-corrected chi connectivity index (χ3v) is 3.71. The van der Waals surface area contributed by atoms with Crippen molar-refractivity contribution in [3.63, 3.8) is 0 Å². The number of nitrogens with zero attached hydrogens (tertiary/aromatic N) is 2. The number of rotatable bonds is 6. The highest BCUT2D eigenvalue weighted by molar-refractivity contribution is 5.97. The predicted octanol–water partition coefficient (Wildman–Crippen LogP) is 4.00. The Kier molecular flexibility index (Phi) is 5.65. The van der Waals surface area contributed by atoms with Crippen LogP contribution in [-0.4, -0.2) is 18.1 Å². The van der Waals surface area contributed by atoms with Crippen molar-refractivity contribution in [2.75, 3.05) is 7.11 Å². The molecule has 0 amide bonds. The molecule has 27 heavy (non-hydrogen) atoms. The van der Waals surface area contributed by atoms with Gasteiger partial charge in [-0.05, 0) is 23.8 Å². The lowest BCUT2D eigenvalue weighted by Crippen LogP contribution is -2.07. The summed E-state index contributed by atoms with van der Waals surface area (Å²) in [5.41, 5.74) is 1.45. The maximum absolute atomic E-state index is 12.1. The SMILES string of the molecule is COc1ccc(/C=C(\C#N)C(=O)OCc2ncc(-c3ccccc3)o2)cc1. The van der Waals surface area contributed by atoms with Gasteiger partial charge in [0.1, 0.15) is 17.4 Å². The number of carbonyl (C=O) groups excluding carboxylic acids is 1. The van der Waals surface area contributed by atoms with Gasteiger partial charge in [0, 0.05) is 5.56 Å². The van der Waals surface area contributed by atoms with E-state index in [-0.39, 0.29) is 18.1 Å². The molecule has 6 nitrogen and oxygen atoms in total. The fourth-order valence-corrected chi connectivity index (χ4v) is 2.32. The van der Waals surface area contributed by atoms with Gasteiger partial charge in [0.25, 0.3) is 0 Å². The summed E-state index contributed by atoms with van der Waals surface area (Å²) in [4.78, 5) is 16.2. The molecule has 0 saturated carbocycles. The second-order valence-corrected chi connectivity index (χ2v) is 5.50. The van der Waals surface area contributed by atoms with Crippen LogP contribution in [-0.2, 0) is 16.1 Å². The lowest BCUT2D eigenvalue weighted by atomic mass is 10.1. The van der Waals surface area contributed by atoms with Gasteiger partial charge in [0.15, 0.2) is 12.4 Å². The van der Waals surface area contributed by atoms with Crippen LogP contribution in [0.3, 0.4) is 0 Å². The highest BCUT2D eigenvalue weighted by Crippen LogP contribution is 2.20. The van der Waals surface area contributed by atoms with Gasteiger partial charge in [0.05, 0.1) is 13.3 Å². The minimum atomic E-state index is -0.743. The van der Waals surface area contributed by atoms with Crippen molar-refractivity contribution in [1.82, 2.24) is 4.98 Å². The number of aromatic nitrogens is 1. The molecule has 1 aromatic heterocycles. The third-order valence-electron chi connectivity index (χ3n) is 3.71. The van der Waals surface area contributed by atoms with Gasteiger partial charge in [-0.2, -0.15) is 5.26 Å². The number of oxazole rings is 1. The predicted molar refractivity (Wildman–Crippen MR) is 98.3 cm³/mol. The Bertz CT molecular complexity index is 983. The van der Waals surface area contributed by atoms with Crippen LogP contribution in [0.2, 0.25) is 0 Å². The molecule has 0 radical (unpaired) electrons. The maximum atomic E-state index is 12.1. The highest BCUT2D eigenvalue weighted by Gasteiger charge is 2.13. The lowest BCUT2D eigenvalue weighted by Gasteiger charge is -2.02. The number of nitriles is 1. The van der Waals surface area contributed by atoms with E-state index in [0.717, 1.165) is 5.56 Å². The maximum Gasteiger partial charge on any atom is 0.349 e. The Hall–Kier alpha value is -3.85. The number of ether oxygens (including phenoxy) is 2. The van der Waals surface area contributed by atoms with Crippen LogP contribution in [0.15, 0.2) is 70.8 Å². The van der Waals surface area contributed by atoms with Gasteiger partial charge in [0.2, 0.25) is 5.89 Å². The number of esters is 1. The van der Waals surface area contributed by atoms with Crippen molar-refractivity contribution in [2.45, 2.75) is 6.61 Å². The number of hydrogen-bond donors (Lipinski definition) is 0. The Morgan fingerprint density at radius 3 is 2.59 bits per heavy atom. The summed E-state index contributed by atoms with van der Waals surface area (Å²) in [6, 6.07) is 18.3. The number of hydrogen-bond acceptors (Lipinski definition) is 6. The topological polar surface area (TPSA) is 85.3 Å². The van der Waals surface area contributed by atoms with Gasteiger partial charge < -0.3 is 13.9 Å². The van der Waals surface area contributed by atoms with E-state index in [2.05, 4.69) is 4.98 Å². The van der Waals surface area contributed by atoms with E-state index < -0.39 is 5.97 Å². The van der Waals surface area contributed by atoms with Crippen molar-refractivity contribution in [1.29, 1.82) is 5.26 Å². The number of benzene rings is 2. The zero-order valence-electron chi connectivity index (χ0n) is 14.6. The highest BCUT2D eigenvalue weighted by atomic mass is 16.5. The van der Waals surface area contributed by atoms with Crippen molar-refractivity contribution in [3.8, 4) is 23.1 Å². The summed E-state index contributed by atoms with van der Waals surface area (Å²) in [5.74, 6) is 0.777. The van der Waals surface area contributed by atoms with Gasteiger partial charge in [-0.25, -0.2) is 9.78 Å². The van der Waals surface area contributed by atoms with Crippen LogP contribution >= 0.6 is 0 Å². The first-order valence-corrected chi connectivity index (χ1v) is 8.12. The van der Waals surface area contributed by atoms with E-state index in [0.29, 0.717) is 17.1 Å². The second kappa shape index (κ2) is 8.50. The molecule has 0 aliphatic rings. The summed E-state index contributed by atoms with van der Waals surface area (Å²) in [5, 5.41) is 9.23. The van der Waals surface area contributed by atoms with E-state index >= 15 is 0 Å². The monoisotopic (exact) mass is 360 g/mol. The molecule has 0 fully saturated rings. The number of methoxy groups -OCH3 is 1. The van der Waals surface area contributed by atoms with Crippen molar-refractivity contribution >= 4 is 12.0 Å². The molecule has 3 rings (SSSR count). The van der Waals surface area contributed by atoms with Gasteiger partial charge in [-0.3, -0.25) is 0 Å². The minimum absolute atomic E-state index is 0.116. The molecule has 6 heteroatoms. The zero-order valence-corrected chi connectivity index (χ0v) is 14.6. The molecule has 0 aliphatic heterocycles. The Morgan fingerprint density at radius 2 is 1.93 bits per heavy atom. The Labute approximate surface area is 156 Å². The van der Waals surface area contributed by atoms with Crippen molar-refractivity contribution < 1.29 is 18.7 Å². The molecule has 0 aliphatic carbocycles. The molecule has 2 aromatic carbocycles. The van der Waals surface area contributed by atoms with E-state index in [1.54, 1.807) is 37.6 Å². The van der Waals surface area contributed by atoms with Crippen molar-refractivity contribution in [2.24, 2.45) is 0 Å². The van der Waals surface area contributed by atoms with Crippen molar-refractivity contribution in [3.05, 3.63) is 77.8 Å². The van der Waals surface area contributed by atoms with E-state index in [9.17, 15) is 10.1 Å². The third kappa shape index (κ3) is 4.61. The molecule has 0 atom stereocenters. The molecule has 0 spiro atoms. The first-order valence-electron chi connectivity index (χ1n) is 8.12.